The first-order valence-electron chi connectivity index (χ1n) is 8.01. The van der Waals surface area contributed by atoms with Crippen molar-refractivity contribution in [2.24, 2.45) is 5.92 Å². The van der Waals surface area contributed by atoms with Gasteiger partial charge >= 0.3 is 0 Å². The highest BCUT2D eigenvalue weighted by atomic mass is 35.5. The maximum atomic E-state index is 12.4. The van der Waals surface area contributed by atoms with Gasteiger partial charge in [0.05, 0.1) is 12.1 Å². The largest absolute Gasteiger partial charge is 0.492 e. The Balaban J connectivity index is 2.49. The van der Waals surface area contributed by atoms with Gasteiger partial charge in [0.15, 0.2) is 0 Å². The molecule has 1 rings (SSSR count). The normalized spacial score (nSPS) is 14.8. The number of amides is 1. The van der Waals surface area contributed by atoms with Crippen LogP contribution >= 0.6 is 11.6 Å². The molecule has 0 aliphatic rings. The molecule has 0 spiro atoms. The molecule has 0 aliphatic carbocycles. The van der Waals surface area contributed by atoms with Crippen LogP contribution in [0.4, 0.5) is 0 Å². The third-order valence-electron chi connectivity index (χ3n) is 4.34. The van der Waals surface area contributed by atoms with E-state index in [1.54, 1.807) is 31.2 Å². The first-order chi connectivity index (χ1) is 11.2. The number of halogens is 1. The number of hydrogen-bond acceptors (Lipinski definition) is 4. The minimum atomic E-state index is -0.869. The smallest absolute Gasteiger partial charge is 0.238 e. The summed E-state index contributed by atoms with van der Waals surface area (Å²) in [6.45, 7) is 8.43. The van der Waals surface area contributed by atoms with E-state index in [-0.39, 0.29) is 17.9 Å². The van der Waals surface area contributed by atoms with Crippen molar-refractivity contribution in [3.8, 4) is 11.8 Å². The third-order valence-corrected chi connectivity index (χ3v) is 4.59. The van der Waals surface area contributed by atoms with Crippen LogP contribution in [0.5, 0.6) is 5.75 Å². The van der Waals surface area contributed by atoms with Gasteiger partial charge in [0.25, 0.3) is 0 Å². The zero-order chi connectivity index (χ0) is 18.3. The standard InChI is InChI=1S/C18H26ClN3O2/c1-13(2)18(4,12-20)21-17(23)14(3)22(5)10-11-24-16-8-6-15(19)7-9-16/h6-9,13-14H,10-11H2,1-5H3,(H,21,23)/t14-,18-/m1/s1. The number of nitrogens with zero attached hydrogens (tertiary/aromatic N) is 2. The Morgan fingerprint density at radius 2 is 1.96 bits per heavy atom. The van der Waals surface area contributed by atoms with E-state index in [0.717, 1.165) is 5.75 Å². The van der Waals surface area contributed by atoms with E-state index in [9.17, 15) is 10.1 Å². The monoisotopic (exact) mass is 351 g/mol. The lowest BCUT2D eigenvalue weighted by Gasteiger charge is -2.31. The van der Waals surface area contributed by atoms with Crippen LogP contribution in [0.1, 0.15) is 27.7 Å². The molecule has 0 heterocycles. The summed E-state index contributed by atoms with van der Waals surface area (Å²) in [5, 5.41) is 12.8. The molecule has 5 nitrogen and oxygen atoms in total. The molecule has 0 saturated carbocycles. The molecule has 0 radical (unpaired) electrons. The van der Waals surface area contributed by atoms with Gasteiger partial charge in [0.2, 0.25) is 5.91 Å². The molecular formula is C18H26ClN3O2. The van der Waals surface area contributed by atoms with Crippen LogP contribution in [0.2, 0.25) is 5.02 Å². The molecule has 0 bridgehead atoms. The van der Waals surface area contributed by atoms with Crippen molar-refractivity contribution in [1.82, 2.24) is 10.2 Å². The zero-order valence-corrected chi connectivity index (χ0v) is 15.7. The van der Waals surface area contributed by atoms with Gasteiger partial charge in [0.1, 0.15) is 17.9 Å². The van der Waals surface area contributed by atoms with Gasteiger partial charge in [-0.1, -0.05) is 25.4 Å². The Bertz CT molecular complexity index is 583. The Morgan fingerprint density at radius 1 is 1.38 bits per heavy atom. The minimum absolute atomic E-state index is 0.0252. The molecule has 0 fully saturated rings. The van der Waals surface area contributed by atoms with Gasteiger partial charge in [-0.2, -0.15) is 5.26 Å². The second-order valence-corrected chi connectivity index (χ2v) is 6.85. The van der Waals surface area contributed by atoms with Crippen LogP contribution < -0.4 is 10.1 Å². The van der Waals surface area contributed by atoms with Crippen molar-refractivity contribution in [1.29, 1.82) is 5.26 Å². The van der Waals surface area contributed by atoms with Crippen LogP contribution in [-0.4, -0.2) is 42.6 Å². The summed E-state index contributed by atoms with van der Waals surface area (Å²) >= 11 is 5.83. The average molecular weight is 352 g/mol. The van der Waals surface area contributed by atoms with Gasteiger partial charge in [-0.15, -0.1) is 0 Å². The van der Waals surface area contributed by atoms with E-state index in [0.29, 0.717) is 18.2 Å². The maximum Gasteiger partial charge on any atom is 0.238 e. The summed E-state index contributed by atoms with van der Waals surface area (Å²) < 4.78 is 5.64. The molecule has 24 heavy (non-hydrogen) atoms. The predicted molar refractivity (Wildman–Crippen MR) is 96.0 cm³/mol. The summed E-state index contributed by atoms with van der Waals surface area (Å²) in [7, 11) is 1.86. The van der Waals surface area contributed by atoms with Crippen molar-refractivity contribution in [2.75, 3.05) is 20.2 Å². The second kappa shape index (κ2) is 8.91. The van der Waals surface area contributed by atoms with E-state index < -0.39 is 5.54 Å². The number of carbonyl (C=O) groups is 1. The highest BCUT2D eigenvalue weighted by Crippen LogP contribution is 2.16. The van der Waals surface area contributed by atoms with E-state index >= 15 is 0 Å². The summed E-state index contributed by atoms with van der Waals surface area (Å²) in [6.07, 6.45) is 0. The Hall–Kier alpha value is -1.77. The quantitative estimate of drug-likeness (QED) is 0.781. The number of ether oxygens (including phenoxy) is 1. The van der Waals surface area contributed by atoms with Gasteiger partial charge in [-0.3, -0.25) is 9.69 Å². The minimum Gasteiger partial charge on any atom is -0.492 e. The fourth-order valence-electron chi connectivity index (χ4n) is 1.89. The average Bonchev–Trinajstić information content (AvgIpc) is 2.55. The summed E-state index contributed by atoms with van der Waals surface area (Å²) in [4.78, 5) is 14.3. The fraction of sp³-hybridized carbons (Fsp3) is 0.556. The van der Waals surface area contributed by atoms with Crippen LogP contribution in [0, 0.1) is 17.2 Å². The molecule has 2 atom stereocenters. The van der Waals surface area contributed by atoms with Crippen LogP contribution in [0.15, 0.2) is 24.3 Å². The van der Waals surface area contributed by atoms with Crippen molar-refractivity contribution < 1.29 is 9.53 Å². The number of nitrogens with one attached hydrogen (secondary N) is 1. The first-order valence-corrected chi connectivity index (χ1v) is 8.39. The van der Waals surface area contributed by atoms with Crippen LogP contribution in [0.25, 0.3) is 0 Å². The van der Waals surface area contributed by atoms with Gasteiger partial charge in [0, 0.05) is 11.6 Å². The number of likely N-dealkylation sites (N-methyl/N-ethyl adjacent to an activating group) is 1. The number of hydrogen-bond donors (Lipinski definition) is 1. The fourth-order valence-corrected chi connectivity index (χ4v) is 2.02. The summed E-state index contributed by atoms with van der Waals surface area (Å²) in [5.74, 6) is 0.598. The van der Waals surface area contributed by atoms with E-state index in [4.69, 9.17) is 16.3 Å². The van der Waals surface area contributed by atoms with E-state index in [1.165, 1.54) is 0 Å². The van der Waals surface area contributed by atoms with Crippen LogP contribution in [0.3, 0.4) is 0 Å². The van der Waals surface area contributed by atoms with Gasteiger partial charge < -0.3 is 10.1 Å². The lowest BCUT2D eigenvalue weighted by Crippen LogP contribution is -2.54. The second-order valence-electron chi connectivity index (χ2n) is 6.42. The Kier molecular flexibility index (Phi) is 7.53. The van der Waals surface area contributed by atoms with Crippen molar-refractivity contribution in [2.45, 2.75) is 39.3 Å². The molecule has 132 valence electrons. The molecule has 1 N–H and O–H groups in total. The first kappa shape index (κ1) is 20.3. The maximum absolute atomic E-state index is 12.4. The number of nitriles is 1. The number of benzene rings is 1. The molecular weight excluding hydrogens is 326 g/mol. The molecule has 1 aromatic carbocycles. The highest BCUT2D eigenvalue weighted by Gasteiger charge is 2.32. The van der Waals surface area contributed by atoms with Gasteiger partial charge in [-0.05, 0) is 51.1 Å². The molecule has 1 aromatic rings. The van der Waals surface area contributed by atoms with Gasteiger partial charge in [-0.25, -0.2) is 0 Å². The van der Waals surface area contributed by atoms with E-state index in [1.807, 2.05) is 32.7 Å². The Labute approximate surface area is 149 Å². The predicted octanol–water partition coefficient (Wildman–Crippen LogP) is 3.09. The molecule has 0 aliphatic heterocycles. The SMILES string of the molecule is CC(C)[C@@](C)(C#N)NC(=O)[C@@H](C)N(C)CCOc1ccc(Cl)cc1. The molecule has 6 heteroatoms. The topological polar surface area (TPSA) is 65.4 Å². The molecule has 0 unspecified atom stereocenters. The van der Waals surface area contributed by atoms with Crippen molar-refractivity contribution in [3.05, 3.63) is 29.3 Å². The Morgan fingerprint density at radius 3 is 2.46 bits per heavy atom. The van der Waals surface area contributed by atoms with Crippen molar-refractivity contribution in [3.63, 3.8) is 0 Å². The highest BCUT2D eigenvalue weighted by molar-refractivity contribution is 6.30. The lowest BCUT2D eigenvalue weighted by molar-refractivity contribution is -0.127. The molecule has 1 amide bonds. The third kappa shape index (κ3) is 5.70. The van der Waals surface area contributed by atoms with Crippen molar-refractivity contribution >= 4 is 17.5 Å². The summed E-state index contributed by atoms with van der Waals surface area (Å²) in [5.41, 5.74) is -0.869. The molecule has 0 aromatic heterocycles. The number of rotatable bonds is 8. The van der Waals surface area contributed by atoms with Crippen LogP contribution in [-0.2, 0) is 4.79 Å². The molecule has 0 saturated heterocycles. The number of carbonyl (C=O) groups excluding carboxylic acids is 1. The zero-order valence-electron chi connectivity index (χ0n) is 15.0. The lowest BCUT2D eigenvalue weighted by atomic mass is 9.90. The van der Waals surface area contributed by atoms with E-state index in [2.05, 4.69) is 11.4 Å². The summed E-state index contributed by atoms with van der Waals surface area (Å²) in [6, 6.07) is 8.98.